The van der Waals surface area contributed by atoms with E-state index in [1.165, 1.54) is 7.05 Å². The van der Waals surface area contributed by atoms with Crippen LogP contribution in [0.2, 0.25) is 0 Å². The zero-order valence-corrected chi connectivity index (χ0v) is 15.5. The Morgan fingerprint density at radius 2 is 1.77 bits per heavy atom. The van der Waals surface area contributed by atoms with Gasteiger partial charge in [-0.3, -0.25) is 14.5 Å². The third kappa shape index (κ3) is 4.26. The molecule has 26 heavy (non-hydrogen) atoms. The summed E-state index contributed by atoms with van der Waals surface area (Å²) in [6.45, 7) is 1.34. The van der Waals surface area contributed by atoms with E-state index in [2.05, 4.69) is 17.0 Å². The highest BCUT2D eigenvalue weighted by atomic mass is 32.2. The molecule has 2 amide bonds. The van der Waals surface area contributed by atoms with Crippen molar-refractivity contribution in [3.05, 3.63) is 65.1 Å². The van der Waals surface area contributed by atoms with Crippen LogP contribution in [0.25, 0.3) is 6.08 Å². The van der Waals surface area contributed by atoms with E-state index in [1.54, 1.807) is 6.08 Å². The van der Waals surface area contributed by atoms with Crippen molar-refractivity contribution in [3.8, 4) is 5.75 Å². The van der Waals surface area contributed by atoms with Gasteiger partial charge >= 0.3 is 0 Å². The summed E-state index contributed by atoms with van der Waals surface area (Å²) in [7, 11) is 3.52. The maximum atomic E-state index is 11.9. The van der Waals surface area contributed by atoms with Gasteiger partial charge in [0.1, 0.15) is 12.4 Å². The minimum absolute atomic E-state index is 0.247. The number of carbonyl (C=O) groups excluding carboxylic acids is 2. The van der Waals surface area contributed by atoms with Gasteiger partial charge in [-0.15, -0.1) is 0 Å². The number of para-hydroxylation sites is 1. The normalized spacial score (nSPS) is 15.6. The molecule has 0 spiro atoms. The number of thioether (sulfide) groups is 1. The van der Waals surface area contributed by atoms with Crippen molar-refractivity contribution in [3.63, 3.8) is 0 Å². The van der Waals surface area contributed by atoms with Gasteiger partial charge < -0.3 is 9.64 Å². The van der Waals surface area contributed by atoms with Gasteiger partial charge in [0.25, 0.3) is 11.1 Å². The summed E-state index contributed by atoms with van der Waals surface area (Å²) in [5.41, 5.74) is 2.01. The Bertz CT molecular complexity index is 819. The molecular weight excluding hydrogens is 348 g/mol. The first-order valence-electron chi connectivity index (χ1n) is 8.25. The average Bonchev–Trinajstić information content (AvgIpc) is 2.90. The maximum absolute atomic E-state index is 11.9. The third-order valence-electron chi connectivity index (χ3n) is 4.06. The van der Waals surface area contributed by atoms with Crippen molar-refractivity contribution in [1.29, 1.82) is 0 Å². The molecule has 1 heterocycles. The Morgan fingerprint density at radius 1 is 1.08 bits per heavy atom. The van der Waals surface area contributed by atoms with Crippen LogP contribution in [-0.4, -0.2) is 43.3 Å². The number of rotatable bonds is 6. The molecule has 3 rings (SSSR count). The molecule has 1 fully saturated rings. The molecule has 2 aromatic rings. The molecule has 0 bridgehead atoms. The minimum atomic E-state index is -0.260. The van der Waals surface area contributed by atoms with Gasteiger partial charge in [-0.05, 0) is 47.7 Å². The number of imide groups is 1. The van der Waals surface area contributed by atoms with Gasteiger partial charge in [-0.2, -0.15) is 0 Å². The molecule has 0 aliphatic carbocycles. The molecule has 6 heteroatoms. The Kier molecular flexibility index (Phi) is 5.63. The van der Waals surface area contributed by atoms with Crippen molar-refractivity contribution in [2.24, 2.45) is 0 Å². The van der Waals surface area contributed by atoms with E-state index >= 15 is 0 Å². The number of carbonyl (C=O) groups is 2. The minimum Gasteiger partial charge on any atom is -0.492 e. The highest BCUT2D eigenvalue weighted by Gasteiger charge is 2.31. The largest absolute Gasteiger partial charge is 0.492 e. The third-order valence-corrected chi connectivity index (χ3v) is 5.02. The monoisotopic (exact) mass is 368 g/mol. The number of likely N-dealkylation sites (N-methyl/N-ethyl adjacent to an activating group) is 2. The highest BCUT2D eigenvalue weighted by Crippen LogP contribution is 2.31. The Morgan fingerprint density at radius 3 is 2.38 bits per heavy atom. The molecule has 1 aliphatic rings. The molecule has 1 saturated heterocycles. The molecule has 0 saturated carbocycles. The fraction of sp³-hybridized carbons (Fsp3) is 0.200. The van der Waals surface area contributed by atoms with Gasteiger partial charge in [0.05, 0.1) is 11.4 Å². The number of amides is 2. The lowest BCUT2D eigenvalue weighted by Crippen LogP contribution is -2.23. The van der Waals surface area contributed by atoms with Crippen LogP contribution >= 0.6 is 11.8 Å². The van der Waals surface area contributed by atoms with Crippen molar-refractivity contribution in [2.75, 3.05) is 32.1 Å². The lowest BCUT2D eigenvalue weighted by molar-refractivity contribution is -0.121. The summed E-state index contributed by atoms with van der Waals surface area (Å²) in [5, 5.41) is -0.247. The number of nitrogens with zero attached hydrogens (tertiary/aromatic N) is 2. The van der Waals surface area contributed by atoms with E-state index in [1.807, 2.05) is 49.5 Å². The zero-order chi connectivity index (χ0) is 18.5. The predicted molar refractivity (Wildman–Crippen MR) is 105 cm³/mol. The van der Waals surface area contributed by atoms with Crippen LogP contribution in [0.3, 0.4) is 0 Å². The number of ether oxygens (including phenoxy) is 1. The maximum Gasteiger partial charge on any atom is 0.293 e. The zero-order valence-electron chi connectivity index (χ0n) is 14.7. The number of hydrogen-bond donors (Lipinski definition) is 0. The summed E-state index contributed by atoms with van der Waals surface area (Å²) in [6.07, 6.45) is 1.72. The lowest BCUT2D eigenvalue weighted by atomic mass is 10.2. The SMILES string of the molecule is CN1C(=O)S/C(=C\c2ccc(OCCN(C)c3ccccc3)cc2)C1=O. The van der Waals surface area contributed by atoms with Crippen LogP contribution in [0, 0.1) is 0 Å². The molecule has 134 valence electrons. The topological polar surface area (TPSA) is 49.9 Å². The molecule has 0 aromatic heterocycles. The number of anilines is 1. The summed E-state index contributed by atoms with van der Waals surface area (Å²) in [5.74, 6) is 0.511. The fourth-order valence-corrected chi connectivity index (χ4v) is 3.30. The average molecular weight is 368 g/mol. The van der Waals surface area contributed by atoms with Crippen LogP contribution in [-0.2, 0) is 4.79 Å². The second kappa shape index (κ2) is 8.10. The summed E-state index contributed by atoms with van der Waals surface area (Å²) in [6, 6.07) is 17.6. The molecule has 5 nitrogen and oxygen atoms in total. The van der Waals surface area contributed by atoms with Crippen LogP contribution in [0.5, 0.6) is 5.75 Å². The first kappa shape index (κ1) is 18.1. The smallest absolute Gasteiger partial charge is 0.293 e. The quantitative estimate of drug-likeness (QED) is 0.725. The van der Waals surface area contributed by atoms with E-state index in [-0.39, 0.29) is 11.1 Å². The van der Waals surface area contributed by atoms with Gasteiger partial charge in [0, 0.05) is 19.8 Å². The molecule has 0 atom stereocenters. The standard InChI is InChI=1S/C20H20N2O3S/c1-21(16-6-4-3-5-7-16)12-13-25-17-10-8-15(9-11-17)14-18-19(23)22(2)20(24)26-18/h3-11,14H,12-13H2,1-2H3/b18-14-. The van der Waals surface area contributed by atoms with Crippen LogP contribution in [0.1, 0.15) is 5.56 Å². The number of hydrogen-bond acceptors (Lipinski definition) is 5. The Balaban J connectivity index is 1.54. The summed E-state index contributed by atoms with van der Waals surface area (Å²) in [4.78, 5) is 27.1. The van der Waals surface area contributed by atoms with Gasteiger partial charge in [-0.25, -0.2) is 0 Å². The predicted octanol–water partition coefficient (Wildman–Crippen LogP) is 3.87. The van der Waals surface area contributed by atoms with Crippen LogP contribution < -0.4 is 9.64 Å². The highest BCUT2D eigenvalue weighted by molar-refractivity contribution is 8.18. The lowest BCUT2D eigenvalue weighted by Gasteiger charge is -2.19. The van der Waals surface area contributed by atoms with Crippen molar-refractivity contribution >= 4 is 34.7 Å². The molecule has 0 N–H and O–H groups in total. The molecular formula is C20H20N2O3S. The molecule has 2 aromatic carbocycles. The van der Waals surface area contributed by atoms with E-state index in [9.17, 15) is 9.59 Å². The molecule has 0 radical (unpaired) electrons. The van der Waals surface area contributed by atoms with Crippen molar-refractivity contribution < 1.29 is 14.3 Å². The number of benzene rings is 2. The molecule has 1 aliphatic heterocycles. The van der Waals surface area contributed by atoms with E-state index in [0.29, 0.717) is 11.5 Å². The van der Waals surface area contributed by atoms with Crippen molar-refractivity contribution in [2.45, 2.75) is 0 Å². The summed E-state index contributed by atoms with van der Waals surface area (Å²) < 4.78 is 5.78. The van der Waals surface area contributed by atoms with E-state index < -0.39 is 0 Å². The van der Waals surface area contributed by atoms with Gasteiger partial charge in [0.2, 0.25) is 0 Å². The van der Waals surface area contributed by atoms with E-state index in [0.717, 1.165) is 40.2 Å². The van der Waals surface area contributed by atoms with Gasteiger partial charge in [-0.1, -0.05) is 30.3 Å². The first-order valence-corrected chi connectivity index (χ1v) is 9.07. The van der Waals surface area contributed by atoms with Crippen LogP contribution in [0.4, 0.5) is 10.5 Å². The van der Waals surface area contributed by atoms with E-state index in [4.69, 9.17) is 4.74 Å². The first-order chi connectivity index (χ1) is 12.5. The Labute approximate surface area is 157 Å². The Hall–Kier alpha value is -2.73. The summed E-state index contributed by atoms with van der Waals surface area (Å²) >= 11 is 0.958. The molecule has 0 unspecified atom stereocenters. The second-order valence-electron chi connectivity index (χ2n) is 5.92. The van der Waals surface area contributed by atoms with Crippen LogP contribution in [0.15, 0.2) is 59.5 Å². The second-order valence-corrected chi connectivity index (χ2v) is 6.91. The van der Waals surface area contributed by atoms with Gasteiger partial charge in [0.15, 0.2) is 0 Å². The van der Waals surface area contributed by atoms with Crippen molar-refractivity contribution in [1.82, 2.24) is 4.90 Å². The fourth-order valence-electron chi connectivity index (χ4n) is 2.47.